The average Bonchev–Trinajstić information content (AvgIpc) is 2.13. The fourth-order valence-corrected chi connectivity index (χ4v) is 0.913. The van der Waals surface area contributed by atoms with Gasteiger partial charge in [0.25, 0.3) is 0 Å². The van der Waals surface area contributed by atoms with Crippen LogP contribution in [0.3, 0.4) is 0 Å². The van der Waals surface area contributed by atoms with Crippen LogP contribution in [-0.2, 0) is 0 Å². The van der Waals surface area contributed by atoms with Crippen LogP contribution in [0, 0.1) is 0 Å². The highest BCUT2D eigenvalue weighted by molar-refractivity contribution is 6.58. The predicted octanol–water partition coefficient (Wildman–Crippen LogP) is -0.653. The second-order valence-electron chi connectivity index (χ2n) is 2.41. The van der Waals surface area contributed by atoms with Crippen LogP contribution in [0.5, 0.6) is 5.75 Å². The van der Waals surface area contributed by atoms with Crippen LogP contribution in [0.15, 0.2) is 18.2 Å². The van der Waals surface area contributed by atoms with Gasteiger partial charge in [-0.05, 0) is 24.4 Å². The van der Waals surface area contributed by atoms with E-state index in [0.717, 1.165) is 6.07 Å². The van der Waals surface area contributed by atoms with Crippen molar-refractivity contribution in [2.45, 2.75) is 6.85 Å². The van der Waals surface area contributed by atoms with Gasteiger partial charge in [-0.3, -0.25) is 0 Å². The van der Waals surface area contributed by atoms with Gasteiger partial charge >= 0.3 is 7.12 Å². The molecule has 1 aromatic carbocycles. The van der Waals surface area contributed by atoms with Crippen molar-refractivity contribution in [2.75, 3.05) is 12.3 Å². The molecule has 70 valence electrons. The molecule has 0 aliphatic carbocycles. The summed E-state index contributed by atoms with van der Waals surface area (Å²) < 4.78 is 40.2. The van der Waals surface area contributed by atoms with Gasteiger partial charge in [-0.2, -0.15) is 0 Å². The molecule has 0 bridgehead atoms. The maximum atomic E-state index is 8.97. The Balaban J connectivity index is 3.05. The second-order valence-corrected chi connectivity index (χ2v) is 2.41. The molecule has 4 nitrogen and oxygen atoms in total. The van der Waals surface area contributed by atoms with Crippen LogP contribution in [0.2, 0.25) is 0 Å². The van der Waals surface area contributed by atoms with E-state index in [0.29, 0.717) is 0 Å². The Bertz CT molecular complexity index is 437. The molecule has 0 amide bonds. The van der Waals surface area contributed by atoms with Crippen molar-refractivity contribution < 1.29 is 21.6 Å². The predicted molar refractivity (Wildman–Crippen MR) is 51.8 cm³/mol. The topological polar surface area (TPSA) is 75.7 Å². The van der Waals surface area contributed by atoms with Crippen molar-refractivity contribution >= 4 is 18.3 Å². The SMILES string of the molecule is [2H]C([2H])([2H])C([2H])([2H])Oc1cc(N)cc(B(O)O)c1. The molecule has 0 saturated heterocycles. The first kappa shape index (κ1) is 4.88. The lowest BCUT2D eigenvalue weighted by Gasteiger charge is -2.07. The van der Waals surface area contributed by atoms with E-state index in [2.05, 4.69) is 0 Å². The summed E-state index contributed by atoms with van der Waals surface area (Å²) >= 11 is 0. The minimum atomic E-state index is -2.98. The van der Waals surface area contributed by atoms with Crippen LogP contribution in [0.4, 0.5) is 5.69 Å². The van der Waals surface area contributed by atoms with Crippen LogP contribution in [0.25, 0.3) is 0 Å². The molecule has 13 heavy (non-hydrogen) atoms. The normalized spacial score (nSPS) is 17.5. The minimum absolute atomic E-state index is 0.0219. The first-order valence-electron chi connectivity index (χ1n) is 5.98. The molecule has 0 saturated carbocycles. The van der Waals surface area contributed by atoms with Crippen molar-refractivity contribution in [3.05, 3.63) is 18.2 Å². The summed E-state index contributed by atoms with van der Waals surface area (Å²) in [6.45, 7) is -5.88. The molecule has 0 heterocycles. The van der Waals surface area contributed by atoms with Gasteiger partial charge in [0, 0.05) is 15.9 Å². The number of benzene rings is 1. The summed E-state index contributed by atoms with van der Waals surface area (Å²) in [6.07, 6.45) is 0. The molecule has 0 aliphatic heterocycles. The van der Waals surface area contributed by atoms with Crippen molar-refractivity contribution in [2.24, 2.45) is 0 Å². The zero-order chi connectivity index (χ0) is 14.1. The first-order valence-corrected chi connectivity index (χ1v) is 3.48. The first-order chi connectivity index (χ1) is 8.03. The van der Waals surface area contributed by atoms with Crippen molar-refractivity contribution in [1.29, 1.82) is 0 Å². The van der Waals surface area contributed by atoms with E-state index in [-0.39, 0.29) is 16.9 Å². The van der Waals surface area contributed by atoms with Gasteiger partial charge in [0.2, 0.25) is 0 Å². The van der Waals surface area contributed by atoms with Gasteiger partial charge in [-0.25, -0.2) is 0 Å². The smallest absolute Gasteiger partial charge is 0.488 e. The molecule has 1 aromatic rings. The fraction of sp³-hybridized carbons (Fsp3) is 0.250. The second kappa shape index (κ2) is 4.16. The largest absolute Gasteiger partial charge is 0.494 e. The Labute approximate surface area is 84.1 Å². The molecule has 0 aromatic heterocycles. The number of hydrogen-bond acceptors (Lipinski definition) is 4. The Morgan fingerprint density at radius 1 is 1.62 bits per heavy atom. The van der Waals surface area contributed by atoms with Crippen molar-refractivity contribution in [1.82, 2.24) is 0 Å². The Morgan fingerprint density at radius 3 is 3.00 bits per heavy atom. The van der Waals surface area contributed by atoms with Crippen LogP contribution in [-0.4, -0.2) is 23.7 Å². The number of nitrogens with two attached hydrogens (primary N) is 1. The van der Waals surface area contributed by atoms with Crippen LogP contribution < -0.4 is 15.9 Å². The van der Waals surface area contributed by atoms with E-state index in [1.54, 1.807) is 0 Å². The van der Waals surface area contributed by atoms with E-state index in [4.69, 9.17) is 27.4 Å². The zero-order valence-corrected chi connectivity index (χ0v) is 6.69. The molecule has 0 aliphatic rings. The number of ether oxygens (including phenoxy) is 1. The molecule has 1 rings (SSSR count). The number of hydrogen-bond donors (Lipinski definition) is 3. The lowest BCUT2D eigenvalue weighted by Crippen LogP contribution is -2.30. The monoisotopic (exact) mass is 186 g/mol. The summed E-state index contributed by atoms with van der Waals surface area (Å²) in [4.78, 5) is 0. The van der Waals surface area contributed by atoms with E-state index in [1.165, 1.54) is 12.1 Å². The van der Waals surface area contributed by atoms with E-state index < -0.39 is 20.5 Å². The maximum Gasteiger partial charge on any atom is 0.488 e. The lowest BCUT2D eigenvalue weighted by molar-refractivity contribution is 0.340. The van der Waals surface area contributed by atoms with Crippen LogP contribution in [0.1, 0.15) is 13.7 Å². The minimum Gasteiger partial charge on any atom is -0.494 e. The van der Waals surface area contributed by atoms with Gasteiger partial charge in [-0.15, -0.1) is 0 Å². The molecule has 4 N–H and O–H groups in total. The molecule has 0 fully saturated rings. The number of rotatable bonds is 3. The van der Waals surface area contributed by atoms with Gasteiger partial charge in [-0.1, -0.05) is 0 Å². The van der Waals surface area contributed by atoms with Crippen LogP contribution >= 0.6 is 0 Å². The molecule has 0 atom stereocenters. The molecule has 5 heteroatoms. The highest BCUT2D eigenvalue weighted by Crippen LogP contribution is 2.13. The fourth-order valence-electron chi connectivity index (χ4n) is 0.913. The van der Waals surface area contributed by atoms with E-state index in [1.807, 2.05) is 0 Å². The van der Waals surface area contributed by atoms with Crippen molar-refractivity contribution in [3.8, 4) is 5.75 Å². The number of nitrogen functional groups attached to an aromatic ring is 1. The van der Waals surface area contributed by atoms with E-state index >= 15 is 0 Å². The summed E-state index contributed by atoms with van der Waals surface area (Å²) in [5, 5.41) is 17.9. The third-order valence-electron chi connectivity index (χ3n) is 1.42. The summed E-state index contributed by atoms with van der Waals surface area (Å²) in [6, 6.07) is 3.54. The summed E-state index contributed by atoms with van der Waals surface area (Å²) in [5.74, 6) is -0.195. The Kier molecular flexibility index (Phi) is 1.56. The quantitative estimate of drug-likeness (QED) is 0.433. The van der Waals surface area contributed by atoms with Gasteiger partial charge < -0.3 is 20.5 Å². The third-order valence-corrected chi connectivity index (χ3v) is 1.42. The summed E-state index contributed by atoms with van der Waals surface area (Å²) in [5.41, 5.74) is 5.53. The molecular formula is C8H12BNO3. The zero-order valence-electron chi connectivity index (χ0n) is 11.7. The summed E-state index contributed by atoms with van der Waals surface area (Å²) in [7, 11) is -1.81. The maximum absolute atomic E-state index is 8.97. The Hall–Kier alpha value is -1.20. The molecular weight excluding hydrogens is 169 g/mol. The average molecular weight is 186 g/mol. The van der Waals surface area contributed by atoms with Gasteiger partial charge in [0.05, 0.1) is 9.30 Å². The van der Waals surface area contributed by atoms with Gasteiger partial charge in [0.1, 0.15) is 5.75 Å². The van der Waals surface area contributed by atoms with Crippen molar-refractivity contribution in [3.63, 3.8) is 0 Å². The number of anilines is 1. The molecule has 0 spiro atoms. The third kappa shape index (κ3) is 2.64. The molecule has 0 unspecified atom stereocenters. The van der Waals surface area contributed by atoms with E-state index in [9.17, 15) is 0 Å². The molecule has 0 radical (unpaired) electrons. The Morgan fingerprint density at radius 2 is 2.38 bits per heavy atom. The van der Waals surface area contributed by atoms with Gasteiger partial charge in [0.15, 0.2) is 0 Å². The lowest BCUT2D eigenvalue weighted by atomic mass is 9.80. The standard InChI is InChI=1S/C8H12BNO3/c1-2-13-8-4-6(9(11)12)3-7(10)5-8/h3-5,11-12H,2,10H2,1H3/i1D3,2D2. The highest BCUT2D eigenvalue weighted by Gasteiger charge is 2.12. The highest BCUT2D eigenvalue weighted by atomic mass is 16.5.